The van der Waals surface area contributed by atoms with E-state index >= 15 is 0 Å². The summed E-state index contributed by atoms with van der Waals surface area (Å²) in [5, 5.41) is 6.07. The number of thiazole rings is 1. The molecule has 9 heteroatoms. The second kappa shape index (κ2) is 7.51. The van der Waals surface area contributed by atoms with Crippen molar-refractivity contribution >= 4 is 39.4 Å². The van der Waals surface area contributed by atoms with Crippen molar-refractivity contribution in [3.05, 3.63) is 46.7 Å². The molecule has 0 spiro atoms. The van der Waals surface area contributed by atoms with Crippen LogP contribution in [0.5, 0.6) is 0 Å². The largest absolute Gasteiger partial charge is 0.336 e. The monoisotopic (exact) mass is 396 g/mol. The van der Waals surface area contributed by atoms with Gasteiger partial charge in [0, 0.05) is 23.9 Å². The smallest absolute Gasteiger partial charge is 0.321 e. The quantitative estimate of drug-likeness (QED) is 0.709. The van der Waals surface area contributed by atoms with Crippen LogP contribution in [0.2, 0.25) is 0 Å². The number of hydrogen-bond donors (Lipinski definition) is 2. The minimum Gasteiger partial charge on any atom is -0.336 e. The van der Waals surface area contributed by atoms with Crippen molar-refractivity contribution in [2.45, 2.75) is 32.9 Å². The zero-order valence-electron chi connectivity index (χ0n) is 15.6. The van der Waals surface area contributed by atoms with Gasteiger partial charge < -0.3 is 10.2 Å². The van der Waals surface area contributed by atoms with Gasteiger partial charge in [-0.1, -0.05) is 23.5 Å². The molecule has 0 saturated heterocycles. The van der Waals surface area contributed by atoms with Gasteiger partial charge in [-0.3, -0.25) is 15.1 Å². The van der Waals surface area contributed by atoms with Crippen molar-refractivity contribution in [1.82, 2.24) is 25.2 Å². The Kier molecular flexibility index (Phi) is 4.91. The SMILES string of the molecule is CC(C)NC(=O)Nc1nc2c(s1)CN(C(=O)c1cnc3ccccc3n1)CC2. The van der Waals surface area contributed by atoms with Gasteiger partial charge in [0.05, 0.1) is 29.5 Å². The van der Waals surface area contributed by atoms with Crippen LogP contribution < -0.4 is 10.6 Å². The van der Waals surface area contributed by atoms with Crippen molar-refractivity contribution in [2.75, 3.05) is 11.9 Å². The van der Waals surface area contributed by atoms with Crippen molar-refractivity contribution in [2.24, 2.45) is 0 Å². The number of urea groups is 1. The van der Waals surface area contributed by atoms with Crippen LogP contribution >= 0.6 is 11.3 Å². The second-order valence-corrected chi connectivity index (χ2v) is 7.95. The predicted octanol–water partition coefficient (Wildman–Crippen LogP) is 2.81. The summed E-state index contributed by atoms with van der Waals surface area (Å²) in [4.78, 5) is 40.7. The zero-order chi connectivity index (χ0) is 19.7. The van der Waals surface area contributed by atoms with Gasteiger partial charge in [-0.15, -0.1) is 0 Å². The summed E-state index contributed by atoms with van der Waals surface area (Å²) in [6.45, 7) is 4.80. The molecule has 144 valence electrons. The van der Waals surface area contributed by atoms with Gasteiger partial charge >= 0.3 is 6.03 Å². The van der Waals surface area contributed by atoms with Crippen LogP contribution in [0.15, 0.2) is 30.5 Å². The lowest BCUT2D eigenvalue weighted by atomic mass is 10.1. The van der Waals surface area contributed by atoms with Crippen molar-refractivity contribution in [3.63, 3.8) is 0 Å². The van der Waals surface area contributed by atoms with E-state index in [9.17, 15) is 9.59 Å². The molecule has 3 amide bonds. The summed E-state index contributed by atoms with van der Waals surface area (Å²) in [7, 11) is 0. The Hall–Kier alpha value is -3.07. The highest BCUT2D eigenvalue weighted by Gasteiger charge is 2.26. The number of nitrogens with zero attached hydrogens (tertiary/aromatic N) is 4. The van der Waals surface area contributed by atoms with E-state index in [2.05, 4.69) is 25.6 Å². The zero-order valence-corrected chi connectivity index (χ0v) is 16.4. The molecular formula is C19H20N6O2S. The summed E-state index contributed by atoms with van der Waals surface area (Å²) in [5.41, 5.74) is 2.73. The topological polar surface area (TPSA) is 100 Å². The number of nitrogens with one attached hydrogen (secondary N) is 2. The van der Waals surface area contributed by atoms with Crippen molar-refractivity contribution < 1.29 is 9.59 Å². The molecule has 0 radical (unpaired) electrons. The minimum absolute atomic E-state index is 0.0470. The molecule has 1 aromatic carbocycles. The summed E-state index contributed by atoms with van der Waals surface area (Å²) in [5.74, 6) is -0.149. The molecule has 8 nitrogen and oxygen atoms in total. The highest BCUT2D eigenvalue weighted by Crippen LogP contribution is 2.29. The molecule has 0 fully saturated rings. The van der Waals surface area contributed by atoms with Crippen LogP contribution in [0, 0.1) is 0 Å². The fourth-order valence-corrected chi connectivity index (χ4v) is 4.06. The number of anilines is 1. The minimum atomic E-state index is -0.277. The average Bonchev–Trinajstić information content (AvgIpc) is 3.07. The van der Waals surface area contributed by atoms with Crippen LogP contribution in [0.25, 0.3) is 11.0 Å². The molecule has 1 aliphatic rings. The summed E-state index contributed by atoms with van der Waals surface area (Å²) >= 11 is 1.40. The average molecular weight is 396 g/mol. The molecule has 2 aromatic heterocycles. The van der Waals surface area contributed by atoms with Gasteiger partial charge in [-0.25, -0.2) is 14.8 Å². The third-order valence-corrected chi connectivity index (χ3v) is 5.32. The number of para-hydroxylation sites is 2. The van der Waals surface area contributed by atoms with Gasteiger partial charge in [0.1, 0.15) is 5.69 Å². The Bertz CT molecular complexity index is 1050. The molecule has 0 bridgehead atoms. The van der Waals surface area contributed by atoms with Crippen LogP contribution in [0.3, 0.4) is 0 Å². The molecule has 28 heavy (non-hydrogen) atoms. The number of hydrogen-bond acceptors (Lipinski definition) is 6. The van der Waals surface area contributed by atoms with Gasteiger partial charge in [-0.2, -0.15) is 0 Å². The summed E-state index contributed by atoms with van der Waals surface area (Å²) in [6.07, 6.45) is 2.17. The first-order chi connectivity index (χ1) is 13.5. The lowest BCUT2D eigenvalue weighted by Gasteiger charge is -2.25. The maximum absolute atomic E-state index is 12.9. The van der Waals surface area contributed by atoms with E-state index in [-0.39, 0.29) is 18.0 Å². The van der Waals surface area contributed by atoms with Gasteiger partial charge in [0.15, 0.2) is 5.13 Å². The standard InChI is InChI=1S/C19H20N6O2S/c1-11(2)21-18(27)24-19-23-14-7-8-25(10-16(14)28-19)17(26)15-9-20-12-5-3-4-6-13(12)22-15/h3-6,9,11H,7-8,10H2,1-2H3,(H2,21,23,24,27). The maximum atomic E-state index is 12.9. The third-order valence-electron chi connectivity index (χ3n) is 4.33. The lowest BCUT2D eigenvalue weighted by Crippen LogP contribution is -2.36. The van der Waals surface area contributed by atoms with E-state index in [0.29, 0.717) is 35.9 Å². The van der Waals surface area contributed by atoms with Crippen LogP contribution in [-0.4, -0.2) is 44.4 Å². The number of carbonyl (C=O) groups excluding carboxylic acids is 2. The van der Waals surface area contributed by atoms with Crippen LogP contribution in [0.1, 0.15) is 34.9 Å². The number of fused-ring (bicyclic) bond motifs is 2. The predicted molar refractivity (Wildman–Crippen MR) is 107 cm³/mol. The van der Waals surface area contributed by atoms with Gasteiger partial charge in [-0.05, 0) is 26.0 Å². The first-order valence-electron chi connectivity index (χ1n) is 9.07. The van der Waals surface area contributed by atoms with E-state index in [4.69, 9.17) is 0 Å². The Labute approximate surface area is 166 Å². The molecule has 4 rings (SSSR count). The van der Waals surface area contributed by atoms with E-state index in [1.807, 2.05) is 38.1 Å². The molecule has 3 aromatic rings. The maximum Gasteiger partial charge on any atom is 0.321 e. The molecular weight excluding hydrogens is 376 g/mol. The number of benzene rings is 1. The number of aromatic nitrogens is 3. The first kappa shape index (κ1) is 18.3. The highest BCUT2D eigenvalue weighted by molar-refractivity contribution is 7.15. The molecule has 2 N–H and O–H groups in total. The van der Waals surface area contributed by atoms with Crippen LogP contribution in [-0.2, 0) is 13.0 Å². The second-order valence-electron chi connectivity index (χ2n) is 6.86. The van der Waals surface area contributed by atoms with Gasteiger partial charge in [0.2, 0.25) is 0 Å². The molecule has 1 aliphatic heterocycles. The van der Waals surface area contributed by atoms with E-state index in [0.717, 1.165) is 16.1 Å². The number of rotatable bonds is 3. The lowest BCUT2D eigenvalue weighted by molar-refractivity contribution is 0.0730. The van der Waals surface area contributed by atoms with Gasteiger partial charge in [0.25, 0.3) is 5.91 Å². The van der Waals surface area contributed by atoms with Crippen molar-refractivity contribution in [1.29, 1.82) is 0 Å². The van der Waals surface area contributed by atoms with E-state index in [1.54, 1.807) is 4.90 Å². The summed E-state index contributed by atoms with van der Waals surface area (Å²) < 4.78 is 0. The Balaban J connectivity index is 1.48. The Morgan fingerprint density at radius 2 is 1.96 bits per heavy atom. The highest BCUT2D eigenvalue weighted by atomic mass is 32.1. The third kappa shape index (κ3) is 3.79. The Morgan fingerprint density at radius 3 is 2.75 bits per heavy atom. The first-order valence-corrected chi connectivity index (χ1v) is 9.88. The van der Waals surface area contributed by atoms with E-state index < -0.39 is 0 Å². The molecule has 0 atom stereocenters. The fraction of sp³-hybridized carbons (Fsp3) is 0.316. The molecule has 0 saturated carbocycles. The molecule has 0 unspecified atom stereocenters. The Morgan fingerprint density at radius 1 is 1.18 bits per heavy atom. The molecule has 3 heterocycles. The number of carbonyl (C=O) groups is 2. The summed E-state index contributed by atoms with van der Waals surface area (Å²) in [6, 6.07) is 7.24. The van der Waals surface area contributed by atoms with Crippen LogP contribution in [0.4, 0.5) is 9.93 Å². The fourth-order valence-electron chi connectivity index (χ4n) is 3.04. The normalized spacial score (nSPS) is 13.5. The van der Waals surface area contributed by atoms with E-state index in [1.165, 1.54) is 17.5 Å². The van der Waals surface area contributed by atoms with Crippen molar-refractivity contribution in [3.8, 4) is 0 Å². The number of amides is 3. The molecule has 0 aliphatic carbocycles.